The molecule has 88 valence electrons. The van der Waals surface area contributed by atoms with E-state index in [9.17, 15) is 0 Å². The molecule has 0 spiro atoms. The Morgan fingerprint density at radius 3 is 2.69 bits per heavy atom. The average Bonchev–Trinajstić information content (AvgIpc) is 2.34. The summed E-state index contributed by atoms with van der Waals surface area (Å²) in [5.74, 6) is 0. The Labute approximate surface area is 99.6 Å². The molecule has 0 aliphatic carbocycles. The summed E-state index contributed by atoms with van der Waals surface area (Å²) in [6, 6.07) is 6.08. The Hall–Kier alpha value is -1.11. The largest absolute Gasteiger partial charge is 0.261 e. The summed E-state index contributed by atoms with van der Waals surface area (Å²) < 4.78 is 0. The van der Waals surface area contributed by atoms with Crippen molar-refractivity contribution in [1.82, 2.24) is 4.98 Å². The Balaban J connectivity index is 2.01. The molecule has 1 nitrogen and oxygen atoms in total. The molecule has 16 heavy (non-hydrogen) atoms. The van der Waals surface area contributed by atoms with Crippen LogP contribution in [0.2, 0.25) is 0 Å². The molecule has 0 aromatic carbocycles. The highest BCUT2D eigenvalue weighted by Gasteiger charge is 1.88. The van der Waals surface area contributed by atoms with Crippen LogP contribution in [-0.2, 0) is 6.42 Å². The lowest BCUT2D eigenvalue weighted by atomic mass is 10.1. The van der Waals surface area contributed by atoms with E-state index in [-0.39, 0.29) is 0 Å². The van der Waals surface area contributed by atoms with Gasteiger partial charge in [0.1, 0.15) is 0 Å². The van der Waals surface area contributed by atoms with Gasteiger partial charge in [0.15, 0.2) is 0 Å². The maximum Gasteiger partial charge on any atom is 0.0441 e. The van der Waals surface area contributed by atoms with Gasteiger partial charge < -0.3 is 0 Å². The fourth-order valence-corrected chi connectivity index (χ4v) is 1.71. The minimum Gasteiger partial charge on any atom is -0.261 e. The summed E-state index contributed by atoms with van der Waals surface area (Å²) in [6.45, 7) is 2.26. The van der Waals surface area contributed by atoms with Crippen molar-refractivity contribution in [3.63, 3.8) is 0 Å². The zero-order chi connectivity index (χ0) is 11.5. The number of allylic oxidation sites excluding steroid dienone is 2. The Morgan fingerprint density at radius 2 is 1.94 bits per heavy atom. The lowest BCUT2D eigenvalue weighted by molar-refractivity contribution is 0.637. The molecule has 1 rings (SSSR count). The molecular weight excluding hydrogens is 194 g/mol. The van der Waals surface area contributed by atoms with Gasteiger partial charge in [0.25, 0.3) is 0 Å². The summed E-state index contributed by atoms with van der Waals surface area (Å²) in [7, 11) is 0. The first-order valence-electron chi connectivity index (χ1n) is 6.48. The van der Waals surface area contributed by atoms with E-state index in [4.69, 9.17) is 0 Å². The Bertz CT molecular complexity index is 277. The van der Waals surface area contributed by atoms with E-state index in [2.05, 4.69) is 30.1 Å². The molecule has 0 aliphatic rings. The monoisotopic (exact) mass is 217 g/mol. The maximum absolute atomic E-state index is 4.29. The topological polar surface area (TPSA) is 12.9 Å². The van der Waals surface area contributed by atoms with Gasteiger partial charge in [-0.25, -0.2) is 0 Å². The minimum absolute atomic E-state index is 0.968. The van der Waals surface area contributed by atoms with Gasteiger partial charge >= 0.3 is 0 Å². The Kier molecular flexibility index (Phi) is 7.40. The van der Waals surface area contributed by atoms with Crippen LogP contribution in [0, 0.1) is 0 Å². The number of aromatic nitrogens is 1. The van der Waals surface area contributed by atoms with Crippen LogP contribution in [0.15, 0.2) is 36.5 Å². The summed E-state index contributed by atoms with van der Waals surface area (Å²) in [5.41, 5.74) is 1.16. The first kappa shape index (κ1) is 13.0. The van der Waals surface area contributed by atoms with Gasteiger partial charge in [-0.2, -0.15) is 0 Å². The standard InChI is InChI=1S/C15H23N/c1-2-3-4-5-6-7-8-9-12-15-13-10-11-14-16-15/h8-11,13-14H,2-7,12H2,1H3. The number of pyridine rings is 1. The van der Waals surface area contributed by atoms with Crippen molar-refractivity contribution in [1.29, 1.82) is 0 Å². The average molecular weight is 217 g/mol. The van der Waals surface area contributed by atoms with Crippen molar-refractivity contribution in [3.8, 4) is 0 Å². The molecule has 0 unspecified atom stereocenters. The van der Waals surface area contributed by atoms with E-state index >= 15 is 0 Å². The molecule has 0 amide bonds. The van der Waals surface area contributed by atoms with Crippen molar-refractivity contribution < 1.29 is 0 Å². The smallest absolute Gasteiger partial charge is 0.0441 e. The third kappa shape index (κ3) is 6.39. The van der Waals surface area contributed by atoms with Gasteiger partial charge in [0, 0.05) is 18.3 Å². The highest BCUT2D eigenvalue weighted by atomic mass is 14.7. The fraction of sp³-hybridized carbons (Fsp3) is 0.533. The first-order valence-corrected chi connectivity index (χ1v) is 6.48. The normalized spacial score (nSPS) is 11.1. The van der Waals surface area contributed by atoms with Crippen molar-refractivity contribution in [2.75, 3.05) is 0 Å². The number of hydrogen-bond donors (Lipinski definition) is 0. The molecule has 0 atom stereocenters. The molecule has 0 saturated carbocycles. The molecule has 0 bridgehead atoms. The van der Waals surface area contributed by atoms with Crippen LogP contribution in [0.4, 0.5) is 0 Å². The third-order valence-corrected chi connectivity index (χ3v) is 2.69. The molecule has 0 aliphatic heterocycles. The van der Waals surface area contributed by atoms with E-state index < -0.39 is 0 Å². The van der Waals surface area contributed by atoms with Crippen LogP contribution in [0.3, 0.4) is 0 Å². The fourth-order valence-electron chi connectivity index (χ4n) is 1.71. The molecule has 1 aromatic heterocycles. The van der Waals surface area contributed by atoms with Crippen molar-refractivity contribution >= 4 is 0 Å². The second kappa shape index (κ2) is 9.14. The van der Waals surface area contributed by atoms with Crippen LogP contribution >= 0.6 is 0 Å². The summed E-state index contributed by atoms with van der Waals surface area (Å²) in [5, 5.41) is 0. The molecule has 1 heteroatoms. The van der Waals surface area contributed by atoms with Crippen molar-refractivity contribution in [3.05, 3.63) is 42.2 Å². The molecule has 0 saturated heterocycles. The zero-order valence-corrected chi connectivity index (χ0v) is 10.4. The van der Waals surface area contributed by atoms with E-state index in [1.165, 1.54) is 38.5 Å². The van der Waals surface area contributed by atoms with E-state index in [0.29, 0.717) is 0 Å². The van der Waals surface area contributed by atoms with Gasteiger partial charge in [-0.1, -0.05) is 50.8 Å². The summed E-state index contributed by atoms with van der Waals surface area (Å²) in [4.78, 5) is 4.29. The molecule has 1 heterocycles. The molecular formula is C15H23N. The first-order chi connectivity index (χ1) is 7.93. The minimum atomic E-state index is 0.968. The van der Waals surface area contributed by atoms with Crippen LogP contribution in [0.5, 0.6) is 0 Å². The van der Waals surface area contributed by atoms with E-state index in [1.807, 2.05) is 18.3 Å². The van der Waals surface area contributed by atoms with Gasteiger partial charge in [-0.3, -0.25) is 4.98 Å². The SMILES string of the molecule is CCCCCCCC=CCc1ccccn1. The molecule has 0 fully saturated rings. The number of nitrogens with zero attached hydrogens (tertiary/aromatic N) is 1. The molecule has 0 N–H and O–H groups in total. The predicted octanol–water partition coefficient (Wildman–Crippen LogP) is 4.54. The number of rotatable bonds is 8. The lowest BCUT2D eigenvalue weighted by Gasteiger charge is -1.96. The third-order valence-electron chi connectivity index (χ3n) is 2.69. The summed E-state index contributed by atoms with van der Waals surface area (Å²) in [6.07, 6.45) is 15.4. The van der Waals surface area contributed by atoms with E-state index in [1.54, 1.807) is 0 Å². The molecule has 0 radical (unpaired) electrons. The zero-order valence-electron chi connectivity index (χ0n) is 10.4. The van der Waals surface area contributed by atoms with Crippen LogP contribution in [-0.4, -0.2) is 4.98 Å². The number of hydrogen-bond acceptors (Lipinski definition) is 1. The second-order valence-electron chi connectivity index (χ2n) is 4.20. The quantitative estimate of drug-likeness (QED) is 0.460. The second-order valence-corrected chi connectivity index (χ2v) is 4.20. The van der Waals surface area contributed by atoms with Crippen LogP contribution in [0.1, 0.15) is 51.1 Å². The summed E-state index contributed by atoms with van der Waals surface area (Å²) >= 11 is 0. The highest BCUT2D eigenvalue weighted by Crippen LogP contribution is 2.05. The van der Waals surface area contributed by atoms with E-state index in [0.717, 1.165) is 12.1 Å². The van der Waals surface area contributed by atoms with Gasteiger partial charge in [0.05, 0.1) is 0 Å². The lowest BCUT2D eigenvalue weighted by Crippen LogP contribution is -1.84. The van der Waals surface area contributed by atoms with Crippen LogP contribution in [0.25, 0.3) is 0 Å². The Morgan fingerprint density at radius 1 is 1.06 bits per heavy atom. The maximum atomic E-state index is 4.29. The van der Waals surface area contributed by atoms with Crippen molar-refractivity contribution in [2.24, 2.45) is 0 Å². The van der Waals surface area contributed by atoms with Gasteiger partial charge in [0.2, 0.25) is 0 Å². The van der Waals surface area contributed by atoms with Crippen molar-refractivity contribution in [2.45, 2.75) is 51.9 Å². The van der Waals surface area contributed by atoms with Crippen LogP contribution < -0.4 is 0 Å². The van der Waals surface area contributed by atoms with Gasteiger partial charge in [-0.15, -0.1) is 0 Å². The molecule has 1 aromatic rings. The number of unbranched alkanes of at least 4 members (excludes halogenated alkanes) is 5. The highest BCUT2D eigenvalue weighted by molar-refractivity contribution is 5.07. The predicted molar refractivity (Wildman–Crippen MR) is 70.5 cm³/mol. The van der Waals surface area contributed by atoms with Gasteiger partial charge in [-0.05, 0) is 25.0 Å².